The summed E-state index contributed by atoms with van der Waals surface area (Å²) in [5, 5.41) is 9.62. The summed E-state index contributed by atoms with van der Waals surface area (Å²) in [7, 11) is 0. The van der Waals surface area contributed by atoms with Crippen molar-refractivity contribution in [3.8, 4) is 11.5 Å². The first-order valence-electron chi connectivity index (χ1n) is 9.69. The van der Waals surface area contributed by atoms with Crippen molar-refractivity contribution >= 4 is 0 Å². The second-order valence-electron chi connectivity index (χ2n) is 7.56. The van der Waals surface area contributed by atoms with Crippen molar-refractivity contribution in [3.05, 3.63) is 59.7 Å². The van der Waals surface area contributed by atoms with Gasteiger partial charge in [0.2, 0.25) is 0 Å². The number of hydrogen-bond acceptors (Lipinski definition) is 4. The Kier molecular flexibility index (Phi) is 5.42. The molecule has 0 aliphatic carbocycles. The van der Waals surface area contributed by atoms with E-state index < -0.39 is 0 Å². The Labute approximate surface area is 156 Å². The molecule has 1 atom stereocenters. The quantitative estimate of drug-likeness (QED) is 0.917. The van der Waals surface area contributed by atoms with Gasteiger partial charge in [-0.05, 0) is 48.1 Å². The summed E-state index contributed by atoms with van der Waals surface area (Å²) in [4.78, 5) is 5.09. The molecule has 26 heavy (non-hydrogen) atoms. The van der Waals surface area contributed by atoms with Crippen LogP contribution in [0.2, 0.25) is 0 Å². The van der Waals surface area contributed by atoms with E-state index in [0.717, 1.165) is 64.5 Å². The van der Waals surface area contributed by atoms with Crippen molar-refractivity contribution in [1.82, 2.24) is 9.80 Å². The summed E-state index contributed by atoms with van der Waals surface area (Å²) in [6.45, 7) is 7.35. The Bertz CT molecular complexity index is 726. The molecule has 4 nitrogen and oxygen atoms in total. The van der Waals surface area contributed by atoms with Gasteiger partial charge >= 0.3 is 0 Å². The number of phenols is 1. The average molecular weight is 352 g/mol. The van der Waals surface area contributed by atoms with E-state index in [2.05, 4.69) is 40.1 Å². The van der Waals surface area contributed by atoms with Crippen LogP contribution in [0.4, 0.5) is 0 Å². The van der Waals surface area contributed by atoms with Crippen LogP contribution in [0.3, 0.4) is 0 Å². The second kappa shape index (κ2) is 8.11. The molecule has 4 rings (SSSR count). The van der Waals surface area contributed by atoms with Gasteiger partial charge in [-0.15, -0.1) is 0 Å². The molecular formula is C22H28N2O2. The van der Waals surface area contributed by atoms with Crippen molar-refractivity contribution in [2.75, 3.05) is 39.3 Å². The van der Waals surface area contributed by atoms with Crippen LogP contribution in [0.1, 0.15) is 17.5 Å². The van der Waals surface area contributed by atoms with E-state index in [0.29, 0.717) is 11.7 Å². The maximum atomic E-state index is 9.62. The molecule has 1 fully saturated rings. The lowest BCUT2D eigenvalue weighted by Gasteiger charge is -2.36. The number of nitrogens with zero attached hydrogens (tertiary/aromatic N) is 2. The molecule has 0 radical (unpaired) electrons. The van der Waals surface area contributed by atoms with E-state index in [1.165, 1.54) is 11.1 Å². The Morgan fingerprint density at radius 1 is 0.962 bits per heavy atom. The first kappa shape index (κ1) is 17.4. The number of para-hydroxylation sites is 1. The van der Waals surface area contributed by atoms with E-state index in [-0.39, 0.29) is 0 Å². The van der Waals surface area contributed by atoms with Crippen LogP contribution in [0.5, 0.6) is 11.5 Å². The van der Waals surface area contributed by atoms with Gasteiger partial charge in [-0.25, -0.2) is 0 Å². The maximum Gasteiger partial charge on any atom is 0.122 e. The summed E-state index contributed by atoms with van der Waals surface area (Å²) in [5.41, 5.74) is 2.55. The highest BCUT2D eigenvalue weighted by Crippen LogP contribution is 2.27. The summed E-state index contributed by atoms with van der Waals surface area (Å²) in [5.74, 6) is 2.11. The summed E-state index contributed by atoms with van der Waals surface area (Å²) in [6, 6.07) is 16.1. The number of rotatable bonds is 4. The fourth-order valence-electron chi connectivity index (χ4n) is 4.13. The molecule has 2 aliphatic rings. The lowest BCUT2D eigenvalue weighted by Crippen LogP contribution is -2.47. The third kappa shape index (κ3) is 4.37. The summed E-state index contributed by atoms with van der Waals surface area (Å²) in [6.07, 6.45) is 2.26. The molecule has 0 unspecified atom stereocenters. The van der Waals surface area contributed by atoms with Crippen LogP contribution in [0.15, 0.2) is 48.5 Å². The monoisotopic (exact) mass is 352 g/mol. The highest BCUT2D eigenvalue weighted by Gasteiger charge is 2.23. The Balaban J connectivity index is 1.27. The Morgan fingerprint density at radius 2 is 1.77 bits per heavy atom. The van der Waals surface area contributed by atoms with Crippen molar-refractivity contribution < 1.29 is 9.84 Å². The molecule has 0 saturated carbocycles. The SMILES string of the molecule is Oc1cccc(CN2CCN(C[C@@H]3CCOc4ccccc4C3)CC2)c1. The maximum absolute atomic E-state index is 9.62. The molecule has 0 bridgehead atoms. The first-order valence-corrected chi connectivity index (χ1v) is 9.69. The third-order valence-corrected chi connectivity index (χ3v) is 5.56. The van der Waals surface area contributed by atoms with Crippen molar-refractivity contribution in [1.29, 1.82) is 0 Å². The molecule has 138 valence electrons. The molecule has 2 aromatic carbocycles. The van der Waals surface area contributed by atoms with Gasteiger partial charge in [-0.3, -0.25) is 4.90 Å². The highest BCUT2D eigenvalue weighted by molar-refractivity contribution is 5.34. The Hall–Kier alpha value is -2.04. The van der Waals surface area contributed by atoms with E-state index in [4.69, 9.17) is 4.74 Å². The lowest BCUT2D eigenvalue weighted by molar-refractivity contribution is 0.109. The summed E-state index contributed by atoms with van der Waals surface area (Å²) < 4.78 is 5.91. The van der Waals surface area contributed by atoms with Crippen LogP contribution < -0.4 is 4.74 Å². The Morgan fingerprint density at radius 3 is 2.62 bits per heavy atom. The molecule has 0 aromatic heterocycles. The zero-order valence-electron chi connectivity index (χ0n) is 15.3. The molecule has 1 saturated heterocycles. The molecule has 2 aromatic rings. The number of hydrogen-bond donors (Lipinski definition) is 1. The number of phenolic OH excluding ortho intramolecular Hbond substituents is 1. The normalized spacial score (nSPS) is 21.6. The fraction of sp³-hybridized carbons (Fsp3) is 0.455. The number of aromatic hydroxyl groups is 1. The van der Waals surface area contributed by atoms with Gasteiger partial charge in [0.1, 0.15) is 11.5 Å². The van der Waals surface area contributed by atoms with Gasteiger partial charge in [-0.2, -0.15) is 0 Å². The number of piperazine rings is 1. The minimum Gasteiger partial charge on any atom is -0.508 e. The second-order valence-corrected chi connectivity index (χ2v) is 7.56. The van der Waals surface area contributed by atoms with Crippen LogP contribution >= 0.6 is 0 Å². The zero-order valence-corrected chi connectivity index (χ0v) is 15.3. The van der Waals surface area contributed by atoms with Crippen LogP contribution in [-0.4, -0.2) is 54.2 Å². The van der Waals surface area contributed by atoms with Crippen LogP contribution in [0, 0.1) is 5.92 Å². The molecule has 1 N–H and O–H groups in total. The molecule has 4 heteroatoms. The van der Waals surface area contributed by atoms with E-state index >= 15 is 0 Å². The molecule has 0 spiro atoms. The van der Waals surface area contributed by atoms with Crippen molar-refractivity contribution in [2.45, 2.75) is 19.4 Å². The van der Waals surface area contributed by atoms with Gasteiger partial charge in [0.25, 0.3) is 0 Å². The predicted molar refractivity (Wildman–Crippen MR) is 104 cm³/mol. The molecule has 2 heterocycles. The van der Waals surface area contributed by atoms with Crippen LogP contribution in [0.25, 0.3) is 0 Å². The van der Waals surface area contributed by atoms with Gasteiger partial charge in [0.15, 0.2) is 0 Å². The van der Waals surface area contributed by atoms with Gasteiger partial charge < -0.3 is 14.7 Å². The van der Waals surface area contributed by atoms with Gasteiger partial charge in [-0.1, -0.05) is 30.3 Å². The largest absolute Gasteiger partial charge is 0.508 e. The van der Waals surface area contributed by atoms with E-state index in [1.54, 1.807) is 6.07 Å². The van der Waals surface area contributed by atoms with Crippen molar-refractivity contribution in [2.24, 2.45) is 5.92 Å². The number of fused-ring (bicyclic) bond motifs is 1. The minimum absolute atomic E-state index is 0.358. The smallest absolute Gasteiger partial charge is 0.122 e. The van der Waals surface area contributed by atoms with Gasteiger partial charge in [0.05, 0.1) is 6.61 Å². The standard InChI is InChI=1S/C22H28N2O2/c25-21-6-3-4-18(15-21)16-23-9-11-24(12-10-23)17-19-8-13-26-22-7-2-1-5-20(22)14-19/h1-7,15,19,25H,8-14,16-17H2/t19-/m1/s1. The summed E-state index contributed by atoms with van der Waals surface area (Å²) >= 11 is 0. The predicted octanol–water partition coefficient (Wildman–Crippen LogP) is 3.15. The van der Waals surface area contributed by atoms with Gasteiger partial charge in [0, 0.05) is 39.3 Å². The zero-order chi connectivity index (χ0) is 17.8. The number of ether oxygens (including phenoxy) is 1. The van der Waals surface area contributed by atoms with Crippen molar-refractivity contribution in [3.63, 3.8) is 0 Å². The molecule has 0 amide bonds. The fourth-order valence-corrected chi connectivity index (χ4v) is 4.13. The average Bonchev–Trinajstić information content (AvgIpc) is 2.85. The van der Waals surface area contributed by atoms with Crippen LogP contribution in [-0.2, 0) is 13.0 Å². The third-order valence-electron chi connectivity index (χ3n) is 5.56. The van der Waals surface area contributed by atoms with E-state index in [1.807, 2.05) is 12.1 Å². The molecular weight excluding hydrogens is 324 g/mol. The minimum atomic E-state index is 0.358. The lowest BCUT2D eigenvalue weighted by atomic mass is 9.96. The highest BCUT2D eigenvalue weighted by atomic mass is 16.5. The topological polar surface area (TPSA) is 35.9 Å². The number of benzene rings is 2. The first-order chi connectivity index (χ1) is 12.8. The van der Waals surface area contributed by atoms with E-state index in [9.17, 15) is 5.11 Å². The molecule has 2 aliphatic heterocycles.